The molecule has 1 amide bonds. The highest BCUT2D eigenvalue weighted by atomic mass is 32.2. The lowest BCUT2D eigenvalue weighted by Crippen LogP contribution is -2.05. The molecule has 0 radical (unpaired) electrons. The fourth-order valence-corrected chi connectivity index (χ4v) is 3.62. The average molecular weight is 449 g/mol. The van der Waals surface area contributed by atoms with Crippen LogP contribution in [0.25, 0.3) is 16.1 Å². The molecule has 4 N–H and O–H groups in total. The van der Waals surface area contributed by atoms with Crippen molar-refractivity contribution in [3.8, 4) is 11.3 Å². The van der Waals surface area contributed by atoms with Crippen molar-refractivity contribution >= 4 is 40.8 Å². The Bertz CT molecular complexity index is 1190. The number of thioether (sulfide) groups is 1. The van der Waals surface area contributed by atoms with E-state index in [0.29, 0.717) is 40.0 Å². The summed E-state index contributed by atoms with van der Waals surface area (Å²) in [6, 6.07) is 12.4. The lowest BCUT2D eigenvalue weighted by atomic mass is 10.1. The van der Waals surface area contributed by atoms with Gasteiger partial charge in [-0.25, -0.2) is 14.8 Å². The fraction of sp³-hybridized carbons (Fsp3) is 0.182. The van der Waals surface area contributed by atoms with Crippen LogP contribution in [0.5, 0.6) is 0 Å². The van der Waals surface area contributed by atoms with Crippen molar-refractivity contribution in [2.45, 2.75) is 30.7 Å². The van der Waals surface area contributed by atoms with Crippen molar-refractivity contribution in [1.82, 2.24) is 15.0 Å². The van der Waals surface area contributed by atoms with Crippen LogP contribution in [0.2, 0.25) is 0 Å². The van der Waals surface area contributed by atoms with E-state index in [-0.39, 0.29) is 23.8 Å². The molecule has 0 spiro atoms. The molecule has 0 unspecified atom stereocenters. The van der Waals surface area contributed by atoms with Gasteiger partial charge in [0.25, 0.3) is 5.69 Å². The number of aromatic nitrogens is 3. The Morgan fingerprint density at radius 1 is 1.12 bits per heavy atom. The zero-order valence-electron chi connectivity index (χ0n) is 17.2. The summed E-state index contributed by atoms with van der Waals surface area (Å²) in [5.41, 5.74) is 9.37. The van der Waals surface area contributed by atoms with E-state index in [9.17, 15) is 9.59 Å². The van der Waals surface area contributed by atoms with E-state index >= 15 is 0 Å². The highest BCUT2D eigenvalue weighted by Gasteiger charge is 2.15. The van der Waals surface area contributed by atoms with Crippen LogP contribution < -0.4 is 11.1 Å². The number of pyridine rings is 1. The second-order valence-corrected chi connectivity index (χ2v) is 7.70. The van der Waals surface area contributed by atoms with Crippen molar-refractivity contribution < 1.29 is 14.7 Å². The van der Waals surface area contributed by atoms with Crippen molar-refractivity contribution in [2.75, 3.05) is 11.1 Å². The number of nitrogen functional groups attached to an aromatic ring is 1. The smallest absolute Gasteiger partial charge is 0.303 e. The number of rotatable bonds is 8. The Hall–Kier alpha value is -3.97. The minimum Gasteiger partial charge on any atom is -0.481 e. The standard InChI is InChI=1S/C22H20N6O3S/c1-13(29)25-16-8-6-14(7-9-16)19-20(24-2)21(23)28-22(27-19)32-12-17-5-3-4-15(26-17)10-11-18(30)31/h3-9H,10-12H2,1H3,(H,25,29)(H,30,31)(H2,23,27,28). The summed E-state index contributed by atoms with van der Waals surface area (Å²) in [5, 5.41) is 11.9. The predicted molar refractivity (Wildman–Crippen MR) is 122 cm³/mol. The van der Waals surface area contributed by atoms with Crippen LogP contribution in [-0.2, 0) is 21.8 Å². The highest BCUT2D eigenvalue weighted by Crippen LogP contribution is 2.35. The van der Waals surface area contributed by atoms with Crippen LogP contribution in [0.15, 0.2) is 47.6 Å². The predicted octanol–water partition coefficient (Wildman–Crippen LogP) is 3.94. The minimum absolute atomic E-state index is 0.0193. The Morgan fingerprint density at radius 3 is 2.50 bits per heavy atom. The molecular weight excluding hydrogens is 428 g/mol. The molecule has 0 atom stereocenters. The van der Waals surface area contributed by atoms with Gasteiger partial charge in [0.1, 0.15) is 5.82 Å². The van der Waals surface area contributed by atoms with Crippen molar-refractivity contribution in [3.05, 3.63) is 65.3 Å². The molecule has 0 fully saturated rings. The molecule has 3 rings (SSSR count). The van der Waals surface area contributed by atoms with Crippen molar-refractivity contribution in [3.63, 3.8) is 0 Å². The molecule has 0 bridgehead atoms. The maximum absolute atomic E-state index is 11.2. The second kappa shape index (κ2) is 10.4. The number of benzene rings is 1. The third kappa shape index (κ3) is 6.02. The summed E-state index contributed by atoms with van der Waals surface area (Å²) in [5.74, 6) is -0.502. The van der Waals surface area contributed by atoms with Crippen LogP contribution in [0.3, 0.4) is 0 Å². The third-order valence-electron chi connectivity index (χ3n) is 4.29. The second-order valence-electron chi connectivity index (χ2n) is 6.76. The van der Waals surface area contributed by atoms with Gasteiger partial charge in [0.05, 0.1) is 24.4 Å². The number of hydrogen-bond acceptors (Lipinski definition) is 7. The fourth-order valence-electron chi connectivity index (χ4n) is 2.86. The quantitative estimate of drug-likeness (QED) is 0.268. The lowest BCUT2D eigenvalue weighted by Gasteiger charge is -2.10. The van der Waals surface area contributed by atoms with Crippen LogP contribution in [0.1, 0.15) is 24.7 Å². The first kappa shape index (κ1) is 22.7. The van der Waals surface area contributed by atoms with E-state index in [1.807, 2.05) is 12.1 Å². The molecule has 3 aromatic rings. The summed E-state index contributed by atoms with van der Waals surface area (Å²) >= 11 is 1.32. The maximum Gasteiger partial charge on any atom is 0.303 e. The zero-order chi connectivity index (χ0) is 23.1. The molecule has 0 aliphatic heterocycles. The van der Waals surface area contributed by atoms with Gasteiger partial charge in [-0.15, -0.1) is 0 Å². The van der Waals surface area contributed by atoms with E-state index in [0.717, 1.165) is 5.69 Å². The number of aliphatic carboxylic acids is 1. The molecule has 1 aromatic carbocycles. The number of carbonyl (C=O) groups is 2. The molecule has 32 heavy (non-hydrogen) atoms. The van der Waals surface area contributed by atoms with E-state index in [1.54, 1.807) is 30.3 Å². The van der Waals surface area contributed by atoms with Crippen LogP contribution >= 0.6 is 11.8 Å². The van der Waals surface area contributed by atoms with Gasteiger partial charge in [0.2, 0.25) is 5.91 Å². The van der Waals surface area contributed by atoms with Gasteiger partial charge >= 0.3 is 5.97 Å². The molecule has 0 saturated heterocycles. The first-order valence-electron chi connectivity index (χ1n) is 9.58. The monoisotopic (exact) mass is 448 g/mol. The lowest BCUT2D eigenvalue weighted by molar-refractivity contribution is -0.137. The summed E-state index contributed by atoms with van der Waals surface area (Å²) in [4.78, 5) is 38.7. The first-order valence-corrected chi connectivity index (χ1v) is 10.6. The van der Waals surface area contributed by atoms with Crippen molar-refractivity contribution in [1.29, 1.82) is 0 Å². The number of aryl methyl sites for hydroxylation is 1. The number of anilines is 2. The first-order chi connectivity index (χ1) is 15.4. The largest absolute Gasteiger partial charge is 0.481 e. The number of nitrogens with one attached hydrogen (secondary N) is 1. The normalized spacial score (nSPS) is 10.4. The molecule has 0 saturated carbocycles. The maximum atomic E-state index is 11.2. The van der Waals surface area contributed by atoms with Gasteiger partial charge in [0.15, 0.2) is 5.16 Å². The van der Waals surface area contributed by atoms with Gasteiger partial charge in [-0.1, -0.05) is 30.0 Å². The average Bonchev–Trinajstić information content (AvgIpc) is 2.76. The zero-order valence-corrected chi connectivity index (χ0v) is 18.0. The third-order valence-corrected chi connectivity index (χ3v) is 5.17. The summed E-state index contributed by atoms with van der Waals surface area (Å²) in [6.07, 6.45) is 0.376. The number of amides is 1. The van der Waals surface area contributed by atoms with Gasteiger partial charge in [-0.05, 0) is 29.8 Å². The molecular formula is C22H20N6O3S. The van der Waals surface area contributed by atoms with E-state index in [2.05, 4.69) is 25.1 Å². The molecule has 0 aliphatic rings. The Kier molecular flexibility index (Phi) is 7.36. The number of carbonyl (C=O) groups excluding carboxylic acids is 1. The number of nitrogens with zero attached hydrogens (tertiary/aromatic N) is 4. The van der Waals surface area contributed by atoms with Crippen molar-refractivity contribution in [2.24, 2.45) is 0 Å². The number of nitrogens with two attached hydrogens (primary N) is 1. The molecule has 162 valence electrons. The molecule has 9 nitrogen and oxygen atoms in total. The van der Waals surface area contributed by atoms with Crippen LogP contribution in [0.4, 0.5) is 17.2 Å². The molecule has 10 heteroatoms. The SMILES string of the molecule is [C-]#[N+]c1c(N)nc(SCc2cccc(CCC(=O)O)n2)nc1-c1ccc(NC(C)=O)cc1. The molecule has 2 aromatic heterocycles. The van der Waals surface area contributed by atoms with Gasteiger partial charge in [-0.2, -0.15) is 0 Å². The van der Waals surface area contributed by atoms with Gasteiger partial charge in [0, 0.05) is 30.5 Å². The highest BCUT2D eigenvalue weighted by molar-refractivity contribution is 7.98. The number of carboxylic acid groups (broad SMARTS) is 1. The number of carboxylic acids is 1. The summed E-state index contributed by atoms with van der Waals surface area (Å²) in [6.45, 7) is 8.89. The van der Waals surface area contributed by atoms with Crippen LogP contribution in [0, 0.1) is 6.57 Å². The van der Waals surface area contributed by atoms with E-state index in [1.165, 1.54) is 18.7 Å². The summed E-state index contributed by atoms with van der Waals surface area (Å²) in [7, 11) is 0. The molecule has 0 aliphatic carbocycles. The summed E-state index contributed by atoms with van der Waals surface area (Å²) < 4.78 is 0. The Morgan fingerprint density at radius 2 is 1.84 bits per heavy atom. The minimum atomic E-state index is -0.868. The topological polar surface area (TPSA) is 135 Å². The Balaban J connectivity index is 1.81. The molecule has 2 heterocycles. The number of hydrogen-bond donors (Lipinski definition) is 3. The Labute approximate surface area is 188 Å². The van der Waals surface area contributed by atoms with E-state index < -0.39 is 5.97 Å². The van der Waals surface area contributed by atoms with Gasteiger partial charge < -0.3 is 16.2 Å². The van der Waals surface area contributed by atoms with Gasteiger partial charge in [-0.3, -0.25) is 14.6 Å². The van der Waals surface area contributed by atoms with Crippen LogP contribution in [-0.4, -0.2) is 31.9 Å². The van der Waals surface area contributed by atoms with E-state index in [4.69, 9.17) is 17.4 Å².